The van der Waals surface area contributed by atoms with E-state index >= 15 is 0 Å². The van der Waals surface area contributed by atoms with Crippen LogP contribution in [0.2, 0.25) is 0 Å². The van der Waals surface area contributed by atoms with Crippen molar-refractivity contribution in [3.63, 3.8) is 0 Å². The summed E-state index contributed by atoms with van der Waals surface area (Å²) in [5.74, 6) is -2.75. The van der Waals surface area contributed by atoms with Crippen LogP contribution in [0.4, 0.5) is 0 Å². The average Bonchev–Trinajstić information content (AvgIpc) is 2.47. The average molecular weight is 326 g/mol. The number of phenols is 4. The maximum absolute atomic E-state index is 12.0. The zero-order chi connectivity index (χ0) is 15.8. The molecule has 0 aliphatic heterocycles. The van der Waals surface area contributed by atoms with Crippen LogP contribution in [0.25, 0.3) is 32.7 Å². The van der Waals surface area contributed by atoms with Crippen LogP contribution in [-0.4, -0.2) is 43.5 Å². The van der Waals surface area contributed by atoms with Crippen LogP contribution in [0.1, 0.15) is 0 Å². The smallest absolute Gasteiger partial charge is 0.504 e. The Hall–Kier alpha value is -2.65. The van der Waals surface area contributed by atoms with Gasteiger partial charge >= 0.3 is 34.3 Å². The fourth-order valence-electron chi connectivity index (χ4n) is 2.58. The van der Waals surface area contributed by atoms with Gasteiger partial charge in [0.2, 0.25) is 11.5 Å². The zero-order valence-corrected chi connectivity index (χ0v) is 12.7. The Morgan fingerprint density at radius 1 is 0.696 bits per heavy atom. The molecular weight excluding hydrogens is 320 g/mol. The molecule has 0 saturated carbocycles. The molecular formula is C14H6MgO8+2. The number of benzene rings is 2. The van der Waals surface area contributed by atoms with E-state index < -0.39 is 45.4 Å². The molecule has 0 amide bonds. The molecule has 0 radical (unpaired) electrons. The van der Waals surface area contributed by atoms with Gasteiger partial charge in [0, 0.05) is 10.8 Å². The minimum atomic E-state index is -0.941. The van der Waals surface area contributed by atoms with E-state index in [0.717, 1.165) is 12.1 Å². The summed E-state index contributed by atoms with van der Waals surface area (Å²) >= 11 is 0. The van der Waals surface area contributed by atoms with E-state index in [1.807, 2.05) is 0 Å². The summed E-state index contributed by atoms with van der Waals surface area (Å²) in [5, 5.41) is 38.7. The second-order valence-electron chi connectivity index (χ2n) is 4.77. The minimum Gasteiger partial charge on any atom is -0.504 e. The maximum Gasteiger partial charge on any atom is 2.00 e. The van der Waals surface area contributed by atoms with E-state index in [0.29, 0.717) is 0 Å². The van der Waals surface area contributed by atoms with Crippen LogP contribution in [0.5, 0.6) is 23.0 Å². The molecule has 0 spiro atoms. The monoisotopic (exact) mass is 326 g/mol. The molecule has 0 aliphatic carbocycles. The fraction of sp³-hybridized carbons (Fsp3) is 0. The molecule has 0 fully saturated rings. The quantitative estimate of drug-likeness (QED) is 0.162. The SMILES string of the molecule is O=c1oc2c(O)c(O)cc3c(=O)oc4c(O)c(O)cc1c4c23.[Mg+2]. The number of phenolic OH excluding ortho intramolecular Hbond substituents is 4. The molecule has 23 heavy (non-hydrogen) atoms. The van der Waals surface area contributed by atoms with Gasteiger partial charge in [0.25, 0.3) is 0 Å². The van der Waals surface area contributed by atoms with Gasteiger partial charge in [-0.3, -0.25) is 0 Å². The van der Waals surface area contributed by atoms with Crippen molar-refractivity contribution in [2.75, 3.05) is 0 Å². The number of hydrogen-bond acceptors (Lipinski definition) is 8. The van der Waals surface area contributed by atoms with Crippen molar-refractivity contribution in [3.05, 3.63) is 33.0 Å². The van der Waals surface area contributed by atoms with Crippen LogP contribution in [0.3, 0.4) is 0 Å². The van der Waals surface area contributed by atoms with Crippen LogP contribution in [0.15, 0.2) is 30.6 Å². The van der Waals surface area contributed by atoms with Crippen LogP contribution in [0, 0.1) is 0 Å². The first kappa shape index (κ1) is 15.2. The molecule has 4 N–H and O–H groups in total. The van der Waals surface area contributed by atoms with E-state index in [9.17, 15) is 30.0 Å². The zero-order valence-electron chi connectivity index (χ0n) is 11.3. The summed E-state index contributed by atoms with van der Waals surface area (Å²) in [6, 6.07) is 1.93. The van der Waals surface area contributed by atoms with Crippen molar-refractivity contribution < 1.29 is 29.3 Å². The Morgan fingerprint density at radius 2 is 1.04 bits per heavy atom. The second kappa shape index (κ2) is 4.67. The van der Waals surface area contributed by atoms with Gasteiger partial charge in [-0.15, -0.1) is 0 Å². The van der Waals surface area contributed by atoms with E-state index in [1.54, 1.807) is 0 Å². The van der Waals surface area contributed by atoms with Crippen molar-refractivity contribution in [1.82, 2.24) is 0 Å². The predicted molar refractivity (Wildman–Crippen MR) is 79.6 cm³/mol. The molecule has 110 valence electrons. The van der Waals surface area contributed by atoms with Crippen LogP contribution in [-0.2, 0) is 0 Å². The molecule has 4 rings (SSSR count). The third-order valence-corrected chi connectivity index (χ3v) is 3.55. The Kier molecular flexibility index (Phi) is 3.10. The Balaban J connectivity index is 0.00000156. The molecule has 0 saturated heterocycles. The fourth-order valence-corrected chi connectivity index (χ4v) is 2.58. The summed E-state index contributed by atoms with van der Waals surface area (Å²) in [5.41, 5.74) is -2.70. The van der Waals surface area contributed by atoms with Crippen molar-refractivity contribution in [3.8, 4) is 23.0 Å². The van der Waals surface area contributed by atoms with Gasteiger partial charge in [-0.05, 0) is 12.1 Å². The van der Waals surface area contributed by atoms with E-state index in [4.69, 9.17) is 8.83 Å². The minimum absolute atomic E-state index is 0. The molecule has 2 aromatic carbocycles. The topological polar surface area (TPSA) is 141 Å². The molecule has 0 atom stereocenters. The van der Waals surface area contributed by atoms with Gasteiger partial charge in [-0.25, -0.2) is 9.59 Å². The summed E-state index contributed by atoms with van der Waals surface area (Å²) in [7, 11) is 0. The number of rotatable bonds is 0. The first-order valence-electron chi connectivity index (χ1n) is 6.02. The van der Waals surface area contributed by atoms with Crippen molar-refractivity contribution in [2.45, 2.75) is 0 Å². The predicted octanol–water partition coefficient (Wildman–Crippen LogP) is 0.932. The summed E-state index contributed by atoms with van der Waals surface area (Å²) in [6.07, 6.45) is 0. The largest absolute Gasteiger partial charge is 2.00 e. The molecule has 2 heterocycles. The third kappa shape index (κ3) is 1.77. The van der Waals surface area contributed by atoms with Gasteiger partial charge in [0.1, 0.15) is 0 Å². The molecule has 0 unspecified atom stereocenters. The maximum atomic E-state index is 12.0. The first-order chi connectivity index (χ1) is 10.4. The van der Waals surface area contributed by atoms with Gasteiger partial charge in [-0.1, -0.05) is 0 Å². The Labute approximate surface area is 141 Å². The molecule has 0 aliphatic rings. The van der Waals surface area contributed by atoms with Crippen molar-refractivity contribution >= 4 is 55.8 Å². The van der Waals surface area contributed by atoms with Gasteiger partial charge in [0.15, 0.2) is 22.7 Å². The number of aromatic hydroxyl groups is 4. The second-order valence-corrected chi connectivity index (χ2v) is 4.77. The molecule has 0 bridgehead atoms. The van der Waals surface area contributed by atoms with E-state index in [-0.39, 0.29) is 44.6 Å². The van der Waals surface area contributed by atoms with E-state index in [2.05, 4.69) is 0 Å². The molecule has 9 heteroatoms. The van der Waals surface area contributed by atoms with Gasteiger partial charge < -0.3 is 29.3 Å². The Bertz CT molecular complexity index is 1110. The van der Waals surface area contributed by atoms with Crippen molar-refractivity contribution in [1.29, 1.82) is 0 Å². The van der Waals surface area contributed by atoms with Gasteiger partial charge in [-0.2, -0.15) is 0 Å². The van der Waals surface area contributed by atoms with Crippen LogP contribution >= 0.6 is 0 Å². The third-order valence-electron chi connectivity index (χ3n) is 3.55. The van der Waals surface area contributed by atoms with Gasteiger partial charge in [0.05, 0.1) is 10.8 Å². The number of hydrogen-bond donors (Lipinski definition) is 4. The summed E-state index contributed by atoms with van der Waals surface area (Å²) < 4.78 is 9.87. The summed E-state index contributed by atoms with van der Waals surface area (Å²) in [6.45, 7) is 0. The van der Waals surface area contributed by atoms with Crippen LogP contribution < -0.4 is 11.3 Å². The van der Waals surface area contributed by atoms with E-state index in [1.165, 1.54) is 0 Å². The van der Waals surface area contributed by atoms with Crippen molar-refractivity contribution in [2.24, 2.45) is 0 Å². The summed E-state index contributed by atoms with van der Waals surface area (Å²) in [4.78, 5) is 24.0. The molecule has 2 aromatic heterocycles. The first-order valence-corrected chi connectivity index (χ1v) is 6.02. The standard InChI is InChI=1S/C14H6O8.Mg/c15-5-1-3-7-8-4(14(20)22-11(7)9(5)17)2-6(16)10(18)12(8)21-13(3)19;/h1-2,15-18H;/q;+2. The normalized spacial score (nSPS) is 11.3. The molecule has 4 aromatic rings. The Morgan fingerprint density at radius 3 is 1.39 bits per heavy atom. The molecule has 8 nitrogen and oxygen atoms in total.